The molecule has 1 aliphatic rings. The van der Waals surface area contributed by atoms with Crippen LogP contribution in [0.25, 0.3) is 0 Å². The smallest absolute Gasteiger partial charge is 0.105 e. The van der Waals surface area contributed by atoms with Crippen LogP contribution in [0.2, 0.25) is 0 Å². The lowest BCUT2D eigenvalue weighted by Crippen LogP contribution is -2.34. The van der Waals surface area contributed by atoms with E-state index in [1.165, 1.54) is 5.56 Å². The van der Waals surface area contributed by atoms with Crippen molar-refractivity contribution in [2.24, 2.45) is 0 Å². The van der Waals surface area contributed by atoms with Crippen molar-refractivity contribution in [2.45, 2.75) is 38.8 Å². The average molecular weight is 195 g/mol. The van der Waals surface area contributed by atoms with Crippen molar-refractivity contribution in [2.75, 3.05) is 6.61 Å². The highest BCUT2D eigenvalue weighted by molar-refractivity contribution is 5.20. The molecular formula is C11H17NO2. The molecule has 78 valence electrons. The van der Waals surface area contributed by atoms with Crippen LogP contribution in [-0.4, -0.2) is 17.3 Å². The first-order valence-corrected chi connectivity index (χ1v) is 5.07. The normalized spacial score (nSPS) is 18.5. The van der Waals surface area contributed by atoms with Gasteiger partial charge in [-0.05, 0) is 32.8 Å². The molecule has 0 radical (unpaired) electrons. The Balaban J connectivity index is 1.95. The lowest BCUT2D eigenvalue weighted by Gasteiger charge is -2.13. The first kappa shape index (κ1) is 9.74. The molecule has 0 spiro atoms. The molecule has 1 aromatic rings. The SMILES string of the molecule is Cc1cc(CNC2(CO)CC2)c(C)o1. The Morgan fingerprint density at radius 2 is 2.21 bits per heavy atom. The second-order valence-electron chi connectivity index (χ2n) is 4.23. The van der Waals surface area contributed by atoms with E-state index in [9.17, 15) is 0 Å². The Labute approximate surface area is 84.1 Å². The van der Waals surface area contributed by atoms with E-state index in [2.05, 4.69) is 11.4 Å². The molecule has 0 unspecified atom stereocenters. The van der Waals surface area contributed by atoms with Crippen LogP contribution in [0.1, 0.15) is 29.9 Å². The van der Waals surface area contributed by atoms with Crippen molar-refractivity contribution in [3.05, 3.63) is 23.2 Å². The van der Waals surface area contributed by atoms with Crippen LogP contribution in [0.3, 0.4) is 0 Å². The summed E-state index contributed by atoms with van der Waals surface area (Å²) in [4.78, 5) is 0. The minimum atomic E-state index is 0.0115. The third-order valence-corrected chi connectivity index (χ3v) is 2.95. The Bertz CT molecular complexity index is 326. The fraction of sp³-hybridized carbons (Fsp3) is 0.636. The van der Waals surface area contributed by atoms with Gasteiger partial charge in [-0.1, -0.05) is 0 Å². The van der Waals surface area contributed by atoms with Gasteiger partial charge < -0.3 is 14.8 Å². The Hall–Kier alpha value is -0.800. The summed E-state index contributed by atoms with van der Waals surface area (Å²) >= 11 is 0. The van der Waals surface area contributed by atoms with Gasteiger partial charge in [0.1, 0.15) is 11.5 Å². The Morgan fingerprint density at radius 3 is 2.64 bits per heavy atom. The van der Waals surface area contributed by atoms with Crippen molar-refractivity contribution in [3.8, 4) is 0 Å². The summed E-state index contributed by atoms with van der Waals surface area (Å²) in [6, 6.07) is 2.05. The van der Waals surface area contributed by atoms with E-state index in [1.54, 1.807) is 0 Å². The van der Waals surface area contributed by atoms with Crippen LogP contribution < -0.4 is 5.32 Å². The predicted molar refractivity (Wildman–Crippen MR) is 54.1 cm³/mol. The molecule has 3 nitrogen and oxygen atoms in total. The first-order chi connectivity index (χ1) is 6.65. The van der Waals surface area contributed by atoms with Crippen molar-refractivity contribution < 1.29 is 9.52 Å². The minimum absolute atomic E-state index is 0.0115. The molecule has 2 rings (SSSR count). The molecule has 0 aliphatic heterocycles. The van der Waals surface area contributed by atoms with Gasteiger partial charge in [0.15, 0.2) is 0 Å². The van der Waals surface area contributed by atoms with E-state index in [4.69, 9.17) is 9.52 Å². The van der Waals surface area contributed by atoms with Gasteiger partial charge in [0.05, 0.1) is 6.61 Å². The summed E-state index contributed by atoms with van der Waals surface area (Å²) in [6.07, 6.45) is 2.17. The van der Waals surface area contributed by atoms with E-state index in [1.807, 2.05) is 13.8 Å². The molecular weight excluding hydrogens is 178 g/mol. The molecule has 1 aromatic heterocycles. The zero-order chi connectivity index (χ0) is 10.2. The minimum Gasteiger partial charge on any atom is -0.466 e. The van der Waals surface area contributed by atoms with Crippen LogP contribution in [0, 0.1) is 13.8 Å². The number of hydrogen-bond acceptors (Lipinski definition) is 3. The molecule has 14 heavy (non-hydrogen) atoms. The molecule has 1 fully saturated rings. The Kier molecular flexibility index (Phi) is 2.37. The summed E-state index contributed by atoms with van der Waals surface area (Å²) in [7, 11) is 0. The highest BCUT2D eigenvalue weighted by Crippen LogP contribution is 2.35. The second-order valence-corrected chi connectivity index (χ2v) is 4.23. The molecule has 3 heteroatoms. The molecule has 0 atom stereocenters. The topological polar surface area (TPSA) is 45.4 Å². The van der Waals surface area contributed by atoms with Crippen molar-refractivity contribution >= 4 is 0 Å². The molecule has 1 saturated carbocycles. The summed E-state index contributed by atoms with van der Waals surface area (Å²) in [5.74, 6) is 1.93. The van der Waals surface area contributed by atoms with Crippen molar-refractivity contribution in [1.29, 1.82) is 0 Å². The summed E-state index contributed by atoms with van der Waals surface area (Å²) in [5.41, 5.74) is 1.21. The highest BCUT2D eigenvalue weighted by Gasteiger charge is 2.41. The van der Waals surface area contributed by atoms with Gasteiger partial charge in [0.25, 0.3) is 0 Å². The molecule has 1 heterocycles. The second kappa shape index (κ2) is 3.41. The fourth-order valence-corrected chi connectivity index (χ4v) is 1.68. The van der Waals surface area contributed by atoms with Gasteiger partial charge in [-0.25, -0.2) is 0 Å². The van der Waals surface area contributed by atoms with Gasteiger partial charge in [-0.15, -0.1) is 0 Å². The van der Waals surface area contributed by atoms with E-state index in [-0.39, 0.29) is 12.1 Å². The first-order valence-electron chi connectivity index (χ1n) is 5.07. The summed E-state index contributed by atoms with van der Waals surface area (Å²) in [5, 5.41) is 12.5. The van der Waals surface area contributed by atoms with Crippen LogP contribution in [0.15, 0.2) is 10.5 Å². The van der Waals surface area contributed by atoms with Crippen molar-refractivity contribution in [3.63, 3.8) is 0 Å². The van der Waals surface area contributed by atoms with Gasteiger partial charge in [-0.3, -0.25) is 0 Å². The highest BCUT2D eigenvalue weighted by atomic mass is 16.3. The summed E-state index contributed by atoms with van der Waals surface area (Å²) in [6.45, 7) is 4.96. The number of rotatable bonds is 4. The summed E-state index contributed by atoms with van der Waals surface area (Å²) < 4.78 is 5.43. The van der Waals surface area contributed by atoms with Gasteiger partial charge in [0.2, 0.25) is 0 Å². The van der Waals surface area contributed by atoms with Gasteiger partial charge in [0, 0.05) is 17.6 Å². The van der Waals surface area contributed by atoms with Gasteiger partial charge in [-0.2, -0.15) is 0 Å². The number of aliphatic hydroxyl groups excluding tert-OH is 1. The van der Waals surface area contributed by atoms with Crippen LogP contribution in [0.4, 0.5) is 0 Å². The molecule has 1 aliphatic carbocycles. The molecule has 0 aromatic carbocycles. The molecule has 0 bridgehead atoms. The maximum atomic E-state index is 9.12. The van der Waals surface area contributed by atoms with Crippen molar-refractivity contribution in [1.82, 2.24) is 5.32 Å². The number of furan rings is 1. The largest absolute Gasteiger partial charge is 0.466 e. The Morgan fingerprint density at radius 1 is 1.50 bits per heavy atom. The molecule has 0 amide bonds. The van der Waals surface area contributed by atoms with E-state index >= 15 is 0 Å². The lowest BCUT2D eigenvalue weighted by atomic mass is 10.2. The quantitative estimate of drug-likeness (QED) is 0.765. The molecule has 0 saturated heterocycles. The third-order valence-electron chi connectivity index (χ3n) is 2.95. The van der Waals surface area contributed by atoms with Crippen LogP contribution >= 0.6 is 0 Å². The number of hydrogen-bond donors (Lipinski definition) is 2. The van der Waals surface area contributed by atoms with E-state index < -0.39 is 0 Å². The number of aryl methyl sites for hydroxylation is 2. The predicted octanol–water partition coefficient (Wildman–Crippen LogP) is 1.51. The molecule has 2 N–H and O–H groups in total. The maximum absolute atomic E-state index is 9.12. The number of aliphatic hydroxyl groups is 1. The van der Waals surface area contributed by atoms with E-state index in [0.717, 1.165) is 30.9 Å². The zero-order valence-electron chi connectivity index (χ0n) is 8.76. The van der Waals surface area contributed by atoms with Crippen LogP contribution in [0.5, 0.6) is 0 Å². The third kappa shape index (κ3) is 1.83. The average Bonchev–Trinajstić information content (AvgIpc) is 2.86. The number of nitrogens with one attached hydrogen (secondary N) is 1. The van der Waals surface area contributed by atoms with Gasteiger partial charge >= 0.3 is 0 Å². The van der Waals surface area contributed by atoms with E-state index in [0.29, 0.717) is 0 Å². The lowest BCUT2D eigenvalue weighted by molar-refractivity contribution is 0.229. The monoisotopic (exact) mass is 195 g/mol. The standard InChI is InChI=1S/C11H17NO2/c1-8-5-10(9(2)14-8)6-12-11(7-13)3-4-11/h5,12-13H,3-4,6-7H2,1-2H3. The fourth-order valence-electron chi connectivity index (χ4n) is 1.68. The maximum Gasteiger partial charge on any atom is 0.105 e. The zero-order valence-corrected chi connectivity index (χ0v) is 8.76. The van der Waals surface area contributed by atoms with Crippen LogP contribution in [-0.2, 0) is 6.54 Å².